The fraction of sp³-hybridized carbons (Fsp3) is 0.333. The minimum Gasteiger partial charge on any atom is -0.516 e. The van der Waals surface area contributed by atoms with Gasteiger partial charge in [0.25, 0.3) is 0 Å². The normalized spacial score (nSPS) is 11.6. The molecule has 0 spiro atoms. The van der Waals surface area contributed by atoms with E-state index in [0.717, 1.165) is 6.26 Å². The van der Waals surface area contributed by atoms with E-state index in [4.69, 9.17) is 10.2 Å². The lowest BCUT2D eigenvalue weighted by molar-refractivity contribution is 0.302. The van der Waals surface area contributed by atoms with Crippen molar-refractivity contribution in [1.82, 2.24) is 0 Å². The highest BCUT2D eigenvalue weighted by molar-refractivity contribution is 4.98. The maximum Gasteiger partial charge on any atom is 0.0791 e. The van der Waals surface area contributed by atoms with Crippen molar-refractivity contribution in [2.45, 2.75) is 6.42 Å². The standard InChI is InChI=1S/C6H10O2/c7-5-3-1-2-4-6-8/h1-3,5,7-8H,4,6H2/b2-1+,5-3+. The van der Waals surface area contributed by atoms with E-state index in [2.05, 4.69) is 0 Å². The molecule has 0 saturated carbocycles. The molecule has 8 heavy (non-hydrogen) atoms. The zero-order chi connectivity index (χ0) is 6.24. The first kappa shape index (κ1) is 7.24. The van der Waals surface area contributed by atoms with Crippen LogP contribution in [0, 0.1) is 0 Å². The number of aliphatic hydroxyl groups excluding tert-OH is 2. The molecule has 0 aromatic rings. The Kier molecular flexibility index (Phi) is 5.65. The van der Waals surface area contributed by atoms with Gasteiger partial charge in [0.2, 0.25) is 0 Å². The first-order valence-electron chi connectivity index (χ1n) is 2.48. The molecule has 0 rings (SSSR count). The van der Waals surface area contributed by atoms with Gasteiger partial charge >= 0.3 is 0 Å². The Bertz CT molecular complexity index is 84.5. The van der Waals surface area contributed by atoms with Gasteiger partial charge in [-0.2, -0.15) is 0 Å². The summed E-state index contributed by atoms with van der Waals surface area (Å²) >= 11 is 0. The third kappa shape index (κ3) is 5.24. The van der Waals surface area contributed by atoms with Crippen LogP contribution in [0.25, 0.3) is 0 Å². The van der Waals surface area contributed by atoms with Crippen molar-refractivity contribution in [3.8, 4) is 0 Å². The molecule has 0 heterocycles. The van der Waals surface area contributed by atoms with Crippen molar-refractivity contribution in [3.05, 3.63) is 24.5 Å². The summed E-state index contributed by atoms with van der Waals surface area (Å²) in [6.45, 7) is 0.162. The van der Waals surface area contributed by atoms with Crippen LogP contribution in [-0.4, -0.2) is 16.8 Å². The van der Waals surface area contributed by atoms with Gasteiger partial charge in [0.15, 0.2) is 0 Å². The van der Waals surface area contributed by atoms with E-state index in [-0.39, 0.29) is 6.61 Å². The van der Waals surface area contributed by atoms with Crippen molar-refractivity contribution in [2.75, 3.05) is 6.61 Å². The van der Waals surface area contributed by atoms with Crippen LogP contribution in [0.2, 0.25) is 0 Å². The van der Waals surface area contributed by atoms with Crippen LogP contribution in [-0.2, 0) is 0 Å². The van der Waals surface area contributed by atoms with E-state index in [1.807, 2.05) is 0 Å². The third-order valence-electron chi connectivity index (χ3n) is 0.629. The summed E-state index contributed by atoms with van der Waals surface area (Å²) in [6, 6.07) is 0. The second-order valence-electron chi connectivity index (χ2n) is 1.28. The molecule has 0 radical (unpaired) electrons. The zero-order valence-corrected chi connectivity index (χ0v) is 4.62. The van der Waals surface area contributed by atoms with Crippen molar-refractivity contribution in [2.24, 2.45) is 0 Å². The molecule has 0 aliphatic carbocycles. The highest BCUT2D eigenvalue weighted by Gasteiger charge is 1.68. The monoisotopic (exact) mass is 114 g/mol. The number of aliphatic hydroxyl groups is 2. The van der Waals surface area contributed by atoms with Crippen LogP contribution < -0.4 is 0 Å². The van der Waals surface area contributed by atoms with E-state index in [1.54, 1.807) is 12.2 Å². The van der Waals surface area contributed by atoms with Crippen molar-refractivity contribution >= 4 is 0 Å². The van der Waals surface area contributed by atoms with E-state index in [9.17, 15) is 0 Å². The lowest BCUT2D eigenvalue weighted by Crippen LogP contribution is -1.73. The smallest absolute Gasteiger partial charge is 0.0791 e. The molecule has 0 bridgehead atoms. The lowest BCUT2D eigenvalue weighted by Gasteiger charge is -1.78. The molecular weight excluding hydrogens is 104 g/mol. The molecule has 0 aromatic heterocycles. The molecule has 0 saturated heterocycles. The maximum atomic E-state index is 8.23. The SMILES string of the molecule is O/C=C/C=C/CCO. The molecule has 0 atom stereocenters. The highest BCUT2D eigenvalue weighted by atomic mass is 16.3. The summed E-state index contributed by atoms with van der Waals surface area (Å²) in [6.07, 6.45) is 6.54. The van der Waals surface area contributed by atoms with Crippen LogP contribution >= 0.6 is 0 Å². The number of hydrogen-bond acceptors (Lipinski definition) is 2. The van der Waals surface area contributed by atoms with Crippen LogP contribution in [0.4, 0.5) is 0 Å². The average Bonchev–Trinajstić information content (AvgIpc) is 1.81. The van der Waals surface area contributed by atoms with Crippen LogP contribution in [0.3, 0.4) is 0 Å². The number of hydrogen-bond donors (Lipinski definition) is 2. The van der Waals surface area contributed by atoms with E-state index >= 15 is 0 Å². The first-order valence-corrected chi connectivity index (χ1v) is 2.48. The van der Waals surface area contributed by atoms with Crippen molar-refractivity contribution < 1.29 is 10.2 Å². The maximum absolute atomic E-state index is 8.23. The second kappa shape index (κ2) is 6.24. The van der Waals surface area contributed by atoms with Crippen LogP contribution in [0.15, 0.2) is 24.5 Å². The molecule has 2 N–H and O–H groups in total. The van der Waals surface area contributed by atoms with Gasteiger partial charge in [-0.25, -0.2) is 0 Å². The second-order valence-corrected chi connectivity index (χ2v) is 1.28. The fourth-order valence-electron chi connectivity index (χ4n) is 0.299. The Morgan fingerprint density at radius 2 is 2.00 bits per heavy atom. The van der Waals surface area contributed by atoms with Gasteiger partial charge in [0, 0.05) is 6.61 Å². The summed E-state index contributed by atoms with van der Waals surface area (Å²) in [5, 5.41) is 16.3. The van der Waals surface area contributed by atoms with Crippen molar-refractivity contribution in [1.29, 1.82) is 0 Å². The lowest BCUT2D eigenvalue weighted by atomic mass is 10.4. The summed E-state index contributed by atoms with van der Waals surface area (Å²) in [5.41, 5.74) is 0. The molecule has 2 heteroatoms. The van der Waals surface area contributed by atoms with Gasteiger partial charge < -0.3 is 10.2 Å². The minimum absolute atomic E-state index is 0.162. The molecule has 46 valence electrons. The summed E-state index contributed by atoms with van der Waals surface area (Å²) in [4.78, 5) is 0. The Balaban J connectivity index is 3.07. The van der Waals surface area contributed by atoms with Gasteiger partial charge in [0.05, 0.1) is 6.26 Å². The minimum atomic E-state index is 0.162. The molecule has 0 amide bonds. The topological polar surface area (TPSA) is 40.5 Å². The molecule has 0 aliphatic rings. The Morgan fingerprint density at radius 1 is 1.25 bits per heavy atom. The van der Waals surface area contributed by atoms with E-state index < -0.39 is 0 Å². The molecule has 2 nitrogen and oxygen atoms in total. The molecule has 0 aliphatic heterocycles. The van der Waals surface area contributed by atoms with Gasteiger partial charge in [0.1, 0.15) is 0 Å². The predicted molar refractivity (Wildman–Crippen MR) is 32.6 cm³/mol. The highest BCUT2D eigenvalue weighted by Crippen LogP contribution is 1.79. The average molecular weight is 114 g/mol. The Labute approximate surface area is 48.8 Å². The molecule has 0 fully saturated rings. The van der Waals surface area contributed by atoms with Crippen molar-refractivity contribution in [3.63, 3.8) is 0 Å². The third-order valence-corrected chi connectivity index (χ3v) is 0.629. The van der Waals surface area contributed by atoms with Gasteiger partial charge in [-0.1, -0.05) is 12.2 Å². The van der Waals surface area contributed by atoms with Crippen LogP contribution in [0.5, 0.6) is 0 Å². The summed E-state index contributed by atoms with van der Waals surface area (Å²) in [5.74, 6) is 0. The van der Waals surface area contributed by atoms with E-state index in [0.29, 0.717) is 6.42 Å². The van der Waals surface area contributed by atoms with E-state index in [1.165, 1.54) is 6.08 Å². The number of allylic oxidation sites excluding steroid dienone is 2. The quantitative estimate of drug-likeness (QED) is 0.424. The van der Waals surface area contributed by atoms with Gasteiger partial charge in [-0.05, 0) is 12.5 Å². The summed E-state index contributed by atoms with van der Waals surface area (Å²) < 4.78 is 0. The molecular formula is C6H10O2. The first-order chi connectivity index (χ1) is 3.91. The predicted octanol–water partition coefficient (Wildman–Crippen LogP) is 0.997. The molecule has 0 aromatic carbocycles. The zero-order valence-electron chi connectivity index (χ0n) is 4.62. The van der Waals surface area contributed by atoms with Gasteiger partial charge in [-0.15, -0.1) is 0 Å². The fourth-order valence-corrected chi connectivity index (χ4v) is 0.299. The summed E-state index contributed by atoms with van der Waals surface area (Å²) in [7, 11) is 0. The largest absolute Gasteiger partial charge is 0.516 e. The molecule has 0 unspecified atom stereocenters. The van der Waals surface area contributed by atoms with Crippen LogP contribution in [0.1, 0.15) is 6.42 Å². The Morgan fingerprint density at radius 3 is 2.50 bits per heavy atom. The van der Waals surface area contributed by atoms with Gasteiger partial charge in [-0.3, -0.25) is 0 Å². The Hall–Kier alpha value is -0.760. The number of rotatable bonds is 3.